The van der Waals surface area contributed by atoms with Crippen molar-refractivity contribution in [2.24, 2.45) is 0 Å². The number of benzene rings is 4. The monoisotopic (exact) mass is 434 g/mol. The number of nitrogens with zero attached hydrogens (tertiary/aromatic N) is 1. The van der Waals surface area contributed by atoms with Gasteiger partial charge in [0.15, 0.2) is 0 Å². The molecule has 2 nitrogen and oxygen atoms in total. The zero-order valence-corrected chi connectivity index (χ0v) is 20.3. The Hall–Kier alpha value is -3.52. The van der Waals surface area contributed by atoms with E-state index < -0.39 is 0 Å². The normalized spacial score (nSPS) is 11.5. The van der Waals surface area contributed by atoms with Crippen LogP contribution in [0.25, 0.3) is 0 Å². The molecule has 4 rings (SSSR count). The van der Waals surface area contributed by atoms with Crippen LogP contribution in [0.2, 0.25) is 0 Å². The van der Waals surface area contributed by atoms with E-state index in [1.165, 1.54) is 11.1 Å². The summed E-state index contributed by atoms with van der Waals surface area (Å²) in [5.74, 6) is 0.516. The molecule has 0 aromatic heterocycles. The molecule has 0 unspecified atom stereocenters. The van der Waals surface area contributed by atoms with Gasteiger partial charge >= 0.3 is 0 Å². The third-order valence-corrected chi connectivity index (χ3v) is 6.00. The lowest BCUT2D eigenvalue weighted by Gasteiger charge is -2.27. The number of hydrogen-bond acceptors (Lipinski definition) is 2. The lowest BCUT2D eigenvalue weighted by molar-refractivity contribution is 0.590. The molecule has 0 saturated heterocycles. The molecule has 4 aromatic rings. The standard InChI is InChI=1S/C31H34N2/c1-23(2)24-11-17-28(18-12-24)33(29-19-13-25(14-20-29)31(3,4)5)30-21-15-27(16-22-30)32-26-9-7-6-8-10-26/h6-23,32H,1-5H3. The minimum absolute atomic E-state index is 0.132. The molecule has 0 amide bonds. The van der Waals surface area contributed by atoms with Crippen LogP contribution >= 0.6 is 0 Å². The summed E-state index contributed by atoms with van der Waals surface area (Å²) in [5.41, 5.74) is 8.43. The van der Waals surface area contributed by atoms with Gasteiger partial charge in [0.1, 0.15) is 0 Å². The molecular formula is C31H34N2. The highest BCUT2D eigenvalue weighted by Gasteiger charge is 2.16. The van der Waals surface area contributed by atoms with Crippen LogP contribution in [0, 0.1) is 0 Å². The molecule has 33 heavy (non-hydrogen) atoms. The maximum Gasteiger partial charge on any atom is 0.0463 e. The first-order valence-corrected chi connectivity index (χ1v) is 11.7. The molecule has 1 N–H and O–H groups in total. The Kier molecular flexibility index (Phi) is 6.55. The zero-order valence-electron chi connectivity index (χ0n) is 20.3. The van der Waals surface area contributed by atoms with Gasteiger partial charge in [0.25, 0.3) is 0 Å². The van der Waals surface area contributed by atoms with Crippen molar-refractivity contribution in [3.8, 4) is 0 Å². The van der Waals surface area contributed by atoms with Crippen LogP contribution in [-0.4, -0.2) is 0 Å². The Morgan fingerprint density at radius 3 is 1.52 bits per heavy atom. The first-order chi connectivity index (χ1) is 15.8. The average Bonchev–Trinajstić information content (AvgIpc) is 2.81. The maximum absolute atomic E-state index is 3.48. The second kappa shape index (κ2) is 9.54. The lowest BCUT2D eigenvalue weighted by Crippen LogP contribution is -2.13. The van der Waals surface area contributed by atoms with Gasteiger partial charge in [-0.2, -0.15) is 0 Å². The van der Waals surface area contributed by atoms with Gasteiger partial charge in [-0.05, 0) is 83.1 Å². The van der Waals surface area contributed by atoms with Crippen molar-refractivity contribution in [3.05, 3.63) is 114 Å². The highest BCUT2D eigenvalue weighted by molar-refractivity contribution is 5.78. The summed E-state index contributed by atoms with van der Waals surface area (Å²) in [5, 5.41) is 3.48. The van der Waals surface area contributed by atoms with Crippen molar-refractivity contribution >= 4 is 28.4 Å². The zero-order chi connectivity index (χ0) is 23.4. The molecule has 4 aromatic carbocycles. The lowest BCUT2D eigenvalue weighted by atomic mass is 9.87. The molecule has 0 saturated carbocycles. The molecule has 0 radical (unpaired) electrons. The summed E-state index contributed by atoms with van der Waals surface area (Å²) < 4.78 is 0. The van der Waals surface area contributed by atoms with Gasteiger partial charge in [-0.15, -0.1) is 0 Å². The van der Waals surface area contributed by atoms with E-state index in [0.717, 1.165) is 28.4 Å². The van der Waals surface area contributed by atoms with Gasteiger partial charge in [-0.25, -0.2) is 0 Å². The summed E-state index contributed by atoms with van der Waals surface area (Å²) in [6, 6.07) is 36.8. The third-order valence-electron chi connectivity index (χ3n) is 6.00. The number of nitrogens with one attached hydrogen (secondary N) is 1. The predicted octanol–water partition coefficient (Wildman–Crippen LogP) is 9.32. The van der Waals surface area contributed by atoms with Crippen LogP contribution < -0.4 is 10.2 Å². The Balaban J connectivity index is 1.69. The number of rotatable bonds is 6. The van der Waals surface area contributed by atoms with Crippen LogP contribution in [0.3, 0.4) is 0 Å². The number of anilines is 5. The van der Waals surface area contributed by atoms with E-state index in [1.54, 1.807) is 0 Å². The minimum atomic E-state index is 0.132. The van der Waals surface area contributed by atoms with Crippen LogP contribution in [0.4, 0.5) is 28.4 Å². The molecule has 0 spiro atoms. The van der Waals surface area contributed by atoms with E-state index in [-0.39, 0.29) is 5.41 Å². The fourth-order valence-corrected chi connectivity index (χ4v) is 3.95. The molecule has 0 fully saturated rings. The van der Waals surface area contributed by atoms with E-state index in [1.807, 2.05) is 18.2 Å². The van der Waals surface area contributed by atoms with Crippen molar-refractivity contribution in [2.75, 3.05) is 10.2 Å². The van der Waals surface area contributed by atoms with Crippen LogP contribution in [-0.2, 0) is 5.41 Å². The molecule has 0 aliphatic carbocycles. The Bertz CT molecular complexity index is 1150. The molecule has 0 atom stereocenters. The number of para-hydroxylation sites is 1. The second-order valence-corrected chi connectivity index (χ2v) is 9.92. The fourth-order valence-electron chi connectivity index (χ4n) is 3.95. The summed E-state index contributed by atoms with van der Waals surface area (Å²) in [6.45, 7) is 11.2. The fraction of sp³-hybridized carbons (Fsp3) is 0.226. The summed E-state index contributed by atoms with van der Waals surface area (Å²) in [7, 11) is 0. The molecule has 2 heteroatoms. The van der Waals surface area contributed by atoms with E-state index in [9.17, 15) is 0 Å². The van der Waals surface area contributed by atoms with Gasteiger partial charge in [0.05, 0.1) is 0 Å². The SMILES string of the molecule is CC(C)c1ccc(N(c2ccc(Nc3ccccc3)cc2)c2ccc(C(C)(C)C)cc2)cc1. The average molecular weight is 435 g/mol. The maximum atomic E-state index is 3.48. The molecule has 0 heterocycles. The first kappa shape index (κ1) is 22.7. The summed E-state index contributed by atoms with van der Waals surface area (Å²) in [6.07, 6.45) is 0. The van der Waals surface area contributed by atoms with Crippen LogP contribution in [0.5, 0.6) is 0 Å². The van der Waals surface area contributed by atoms with Crippen molar-refractivity contribution in [2.45, 2.75) is 46.0 Å². The van der Waals surface area contributed by atoms with Crippen molar-refractivity contribution in [1.29, 1.82) is 0 Å². The van der Waals surface area contributed by atoms with Gasteiger partial charge in [-0.3, -0.25) is 0 Å². The molecule has 0 bridgehead atoms. The highest BCUT2D eigenvalue weighted by Crippen LogP contribution is 2.37. The van der Waals surface area contributed by atoms with E-state index in [2.05, 4.69) is 130 Å². The van der Waals surface area contributed by atoms with Crippen molar-refractivity contribution < 1.29 is 0 Å². The minimum Gasteiger partial charge on any atom is -0.356 e. The Morgan fingerprint density at radius 2 is 1.03 bits per heavy atom. The molecule has 0 aliphatic rings. The smallest absolute Gasteiger partial charge is 0.0463 e. The quantitative estimate of drug-likeness (QED) is 0.325. The molecule has 0 aliphatic heterocycles. The van der Waals surface area contributed by atoms with E-state index >= 15 is 0 Å². The van der Waals surface area contributed by atoms with Gasteiger partial charge in [0, 0.05) is 28.4 Å². The summed E-state index contributed by atoms with van der Waals surface area (Å²) >= 11 is 0. The van der Waals surface area contributed by atoms with Gasteiger partial charge in [0.2, 0.25) is 0 Å². The predicted molar refractivity (Wildman–Crippen MR) is 144 cm³/mol. The first-order valence-electron chi connectivity index (χ1n) is 11.7. The largest absolute Gasteiger partial charge is 0.356 e. The molecular weight excluding hydrogens is 400 g/mol. The van der Waals surface area contributed by atoms with Crippen molar-refractivity contribution in [3.63, 3.8) is 0 Å². The second-order valence-electron chi connectivity index (χ2n) is 9.92. The van der Waals surface area contributed by atoms with Crippen LogP contribution in [0.15, 0.2) is 103 Å². The topological polar surface area (TPSA) is 15.3 Å². The van der Waals surface area contributed by atoms with Gasteiger partial charge in [-0.1, -0.05) is 77.1 Å². The molecule has 168 valence electrons. The highest BCUT2D eigenvalue weighted by atomic mass is 15.1. The number of hydrogen-bond donors (Lipinski definition) is 1. The Morgan fingerprint density at radius 1 is 0.576 bits per heavy atom. The third kappa shape index (κ3) is 5.46. The summed E-state index contributed by atoms with van der Waals surface area (Å²) in [4.78, 5) is 2.32. The van der Waals surface area contributed by atoms with E-state index in [0.29, 0.717) is 5.92 Å². The van der Waals surface area contributed by atoms with Gasteiger partial charge < -0.3 is 10.2 Å². The van der Waals surface area contributed by atoms with Crippen molar-refractivity contribution in [1.82, 2.24) is 0 Å². The Labute approximate surface area is 198 Å². The van der Waals surface area contributed by atoms with E-state index in [4.69, 9.17) is 0 Å². The van der Waals surface area contributed by atoms with Crippen LogP contribution in [0.1, 0.15) is 51.7 Å².